The zero-order valence-corrected chi connectivity index (χ0v) is 12.5. The van der Waals surface area contributed by atoms with E-state index in [0.29, 0.717) is 17.9 Å². The standard InChI is InChI=1S/C18H20FNO/c1-4-20(5-2)17-11-6-14(3)18(12-17)21-13-15-7-9-16(19)10-8-15/h3,6-12H,4-5,13H2,1-2H3. The third-order valence-electron chi connectivity index (χ3n) is 3.43. The van der Waals surface area contributed by atoms with Gasteiger partial charge in [-0.15, -0.1) is 0 Å². The molecule has 0 heterocycles. The fourth-order valence-electron chi connectivity index (χ4n) is 2.18. The average molecular weight is 285 g/mol. The fraction of sp³-hybridized carbons (Fsp3) is 0.278. The highest BCUT2D eigenvalue weighted by atomic mass is 19.1. The van der Waals surface area contributed by atoms with Gasteiger partial charge < -0.3 is 9.64 Å². The van der Waals surface area contributed by atoms with Crippen LogP contribution in [-0.2, 0) is 6.61 Å². The third-order valence-corrected chi connectivity index (χ3v) is 3.43. The molecule has 2 nitrogen and oxygen atoms in total. The first-order valence-electron chi connectivity index (χ1n) is 7.15. The molecule has 2 aromatic rings. The smallest absolute Gasteiger partial charge is 0.125 e. The highest BCUT2D eigenvalue weighted by Gasteiger charge is 2.07. The Balaban J connectivity index is 2.11. The van der Waals surface area contributed by atoms with Crippen LogP contribution in [0.25, 0.3) is 0 Å². The lowest BCUT2D eigenvalue weighted by Crippen LogP contribution is -2.21. The molecule has 0 aliphatic heterocycles. The Morgan fingerprint density at radius 1 is 1.05 bits per heavy atom. The Bertz CT molecular complexity index is 576. The summed E-state index contributed by atoms with van der Waals surface area (Å²) in [5, 5.41) is 0. The van der Waals surface area contributed by atoms with Crippen molar-refractivity contribution in [2.24, 2.45) is 0 Å². The van der Waals surface area contributed by atoms with Gasteiger partial charge in [0.15, 0.2) is 0 Å². The number of halogens is 1. The second kappa shape index (κ2) is 7.11. The van der Waals surface area contributed by atoms with Crippen molar-refractivity contribution < 1.29 is 9.13 Å². The van der Waals surface area contributed by atoms with Gasteiger partial charge in [0, 0.05) is 31.8 Å². The van der Waals surface area contributed by atoms with E-state index in [2.05, 4.69) is 18.7 Å². The normalized spacial score (nSPS) is 10.5. The lowest BCUT2D eigenvalue weighted by atomic mass is 10.2. The average Bonchev–Trinajstić information content (AvgIpc) is 2.50. The van der Waals surface area contributed by atoms with Crippen molar-refractivity contribution in [3.05, 3.63) is 66.3 Å². The summed E-state index contributed by atoms with van der Waals surface area (Å²) in [4.78, 5) is 2.23. The molecule has 0 atom stereocenters. The maximum Gasteiger partial charge on any atom is 0.125 e. The Labute approximate surface area is 126 Å². The molecular formula is C18H20FNO. The number of anilines is 1. The number of ether oxygens (including phenoxy) is 1. The summed E-state index contributed by atoms with van der Waals surface area (Å²) < 4.78 is 18.6. The number of rotatable bonds is 6. The lowest BCUT2D eigenvalue weighted by molar-refractivity contribution is 0.305. The van der Waals surface area contributed by atoms with Gasteiger partial charge in [-0.3, -0.25) is 0 Å². The van der Waals surface area contributed by atoms with E-state index in [4.69, 9.17) is 11.7 Å². The maximum atomic E-state index is 12.9. The van der Waals surface area contributed by atoms with E-state index in [-0.39, 0.29) is 5.82 Å². The van der Waals surface area contributed by atoms with Crippen LogP contribution in [0, 0.1) is 12.7 Å². The van der Waals surface area contributed by atoms with Crippen LogP contribution in [0.15, 0.2) is 42.5 Å². The van der Waals surface area contributed by atoms with Crippen molar-refractivity contribution in [2.75, 3.05) is 18.0 Å². The molecule has 0 bridgehead atoms. The first-order valence-corrected chi connectivity index (χ1v) is 7.15. The first-order chi connectivity index (χ1) is 10.1. The molecule has 0 aromatic heterocycles. The van der Waals surface area contributed by atoms with Crippen molar-refractivity contribution in [2.45, 2.75) is 20.5 Å². The van der Waals surface area contributed by atoms with Crippen molar-refractivity contribution in [3.8, 4) is 5.75 Å². The molecule has 0 aliphatic carbocycles. The highest BCUT2D eigenvalue weighted by Crippen LogP contribution is 2.26. The summed E-state index contributed by atoms with van der Waals surface area (Å²) in [5.74, 6) is 0.408. The monoisotopic (exact) mass is 285 g/mol. The SMILES string of the molecule is [CH]c1ccc(N(CC)CC)cc1OCc1ccc(F)cc1. The van der Waals surface area contributed by atoms with Crippen molar-refractivity contribution in [1.82, 2.24) is 0 Å². The molecule has 21 heavy (non-hydrogen) atoms. The minimum absolute atomic E-state index is 0.248. The summed E-state index contributed by atoms with van der Waals surface area (Å²) in [6, 6.07) is 12.1. The quantitative estimate of drug-likeness (QED) is 0.784. The van der Waals surface area contributed by atoms with E-state index in [1.54, 1.807) is 12.1 Å². The second-order valence-corrected chi connectivity index (χ2v) is 4.81. The Hall–Kier alpha value is -2.03. The molecule has 2 aromatic carbocycles. The minimum atomic E-state index is -0.248. The van der Waals surface area contributed by atoms with E-state index >= 15 is 0 Å². The molecule has 110 valence electrons. The van der Waals surface area contributed by atoms with Gasteiger partial charge in [0.25, 0.3) is 0 Å². The molecule has 0 saturated heterocycles. The number of hydrogen-bond donors (Lipinski definition) is 0. The van der Waals surface area contributed by atoms with Gasteiger partial charge in [-0.05, 0) is 43.2 Å². The van der Waals surface area contributed by atoms with E-state index in [9.17, 15) is 4.39 Å². The number of hydrogen-bond acceptors (Lipinski definition) is 2. The molecule has 2 radical (unpaired) electrons. The second-order valence-electron chi connectivity index (χ2n) is 4.81. The van der Waals surface area contributed by atoms with Gasteiger partial charge in [-0.1, -0.05) is 18.2 Å². The van der Waals surface area contributed by atoms with Crippen LogP contribution in [0.2, 0.25) is 0 Å². The number of benzene rings is 2. The van der Waals surface area contributed by atoms with Crippen LogP contribution in [0.4, 0.5) is 10.1 Å². The van der Waals surface area contributed by atoms with Gasteiger partial charge in [0.05, 0.1) is 0 Å². The molecule has 2 rings (SSSR count). The van der Waals surface area contributed by atoms with Crippen LogP contribution in [-0.4, -0.2) is 13.1 Å². The summed E-state index contributed by atoms with van der Waals surface area (Å²) in [6.45, 7) is 12.4. The summed E-state index contributed by atoms with van der Waals surface area (Å²) in [7, 11) is 0. The van der Waals surface area contributed by atoms with Gasteiger partial charge in [0.1, 0.15) is 18.2 Å². The zero-order valence-electron chi connectivity index (χ0n) is 12.5. The van der Waals surface area contributed by atoms with Gasteiger partial charge in [-0.2, -0.15) is 0 Å². The molecule has 0 unspecified atom stereocenters. The van der Waals surface area contributed by atoms with Gasteiger partial charge >= 0.3 is 0 Å². The zero-order chi connectivity index (χ0) is 15.2. The Morgan fingerprint density at radius 3 is 2.33 bits per heavy atom. The summed E-state index contributed by atoms with van der Waals surface area (Å²) in [5.41, 5.74) is 2.60. The maximum absolute atomic E-state index is 12.9. The molecule has 0 saturated carbocycles. The van der Waals surface area contributed by atoms with Crippen molar-refractivity contribution in [3.63, 3.8) is 0 Å². The largest absolute Gasteiger partial charge is 0.489 e. The molecule has 0 fully saturated rings. The fourth-order valence-corrected chi connectivity index (χ4v) is 2.18. The highest BCUT2D eigenvalue weighted by molar-refractivity contribution is 5.54. The first kappa shape index (κ1) is 15.4. The minimum Gasteiger partial charge on any atom is -0.489 e. The molecule has 0 N–H and O–H groups in total. The van der Waals surface area contributed by atoms with E-state index in [0.717, 1.165) is 24.3 Å². The van der Waals surface area contributed by atoms with Crippen molar-refractivity contribution >= 4 is 5.69 Å². The molecule has 0 aliphatic rings. The number of nitrogens with zero attached hydrogens (tertiary/aromatic N) is 1. The molecule has 3 heteroatoms. The lowest BCUT2D eigenvalue weighted by Gasteiger charge is -2.22. The predicted octanol–water partition coefficient (Wildman–Crippen LogP) is 4.31. The summed E-state index contributed by atoms with van der Waals surface area (Å²) >= 11 is 0. The van der Waals surface area contributed by atoms with Gasteiger partial charge in [-0.25, -0.2) is 4.39 Å². The Morgan fingerprint density at radius 2 is 1.71 bits per heavy atom. The van der Waals surface area contributed by atoms with E-state index in [1.165, 1.54) is 12.1 Å². The summed E-state index contributed by atoms with van der Waals surface area (Å²) in [6.07, 6.45) is 0. The molecule has 0 amide bonds. The van der Waals surface area contributed by atoms with Crippen LogP contribution in [0.1, 0.15) is 25.0 Å². The predicted molar refractivity (Wildman–Crippen MR) is 84.1 cm³/mol. The van der Waals surface area contributed by atoms with E-state index < -0.39 is 0 Å². The topological polar surface area (TPSA) is 12.5 Å². The van der Waals surface area contributed by atoms with Crippen LogP contribution < -0.4 is 9.64 Å². The van der Waals surface area contributed by atoms with E-state index in [1.807, 2.05) is 18.2 Å². The Kier molecular flexibility index (Phi) is 5.20. The third kappa shape index (κ3) is 3.97. The van der Waals surface area contributed by atoms with Crippen molar-refractivity contribution in [1.29, 1.82) is 0 Å². The van der Waals surface area contributed by atoms with Crippen LogP contribution in [0.5, 0.6) is 5.75 Å². The molecule has 0 spiro atoms. The van der Waals surface area contributed by atoms with Crippen LogP contribution in [0.3, 0.4) is 0 Å². The van der Waals surface area contributed by atoms with Gasteiger partial charge in [0.2, 0.25) is 0 Å². The molecular weight excluding hydrogens is 265 g/mol. The van der Waals surface area contributed by atoms with Crippen LogP contribution >= 0.6 is 0 Å².